The van der Waals surface area contributed by atoms with E-state index < -0.39 is 0 Å². The molecule has 0 radical (unpaired) electrons. The third-order valence-corrected chi connectivity index (χ3v) is 6.05. The molecule has 3 heterocycles. The Hall–Kier alpha value is -3.32. The van der Waals surface area contributed by atoms with Crippen molar-refractivity contribution in [2.75, 3.05) is 13.7 Å². The summed E-state index contributed by atoms with van der Waals surface area (Å²) in [7, 11) is 1.52. The van der Waals surface area contributed by atoms with Gasteiger partial charge in [-0.3, -0.25) is 9.59 Å². The number of fused-ring (bicyclic) bond motifs is 3. The van der Waals surface area contributed by atoms with Crippen LogP contribution in [0.15, 0.2) is 41.5 Å². The number of H-pyrrole nitrogens is 1. The van der Waals surface area contributed by atoms with Crippen LogP contribution in [0.5, 0.6) is 5.75 Å². The first-order chi connectivity index (χ1) is 15.0. The SMILES string of the molecule is CCNC(=O)c1cc(OC)cc(-c2cc3cnc4[nH]ccc4c3n(C3CC3)c2=O)c1Cl. The highest BCUT2D eigenvalue weighted by Crippen LogP contribution is 2.40. The summed E-state index contributed by atoms with van der Waals surface area (Å²) in [5.41, 5.74) is 2.64. The molecule has 4 aromatic rings. The zero-order valence-corrected chi connectivity index (χ0v) is 17.9. The standard InChI is InChI=1S/C23H21ClN4O3/c1-3-25-22(29)18-10-14(31-2)9-16(19(18)24)17-8-12-11-27-21-15(6-7-26-21)20(12)28(23(17)30)13-4-5-13/h6-11,13H,3-5H2,1-2H3,(H,25,29)(H,26,27). The lowest BCUT2D eigenvalue weighted by atomic mass is 10.0. The van der Waals surface area contributed by atoms with Crippen molar-refractivity contribution in [1.29, 1.82) is 0 Å². The molecule has 0 unspecified atom stereocenters. The number of halogens is 1. The molecule has 1 aromatic carbocycles. The Morgan fingerprint density at radius 1 is 1.32 bits per heavy atom. The van der Waals surface area contributed by atoms with Crippen LogP contribution in [0.3, 0.4) is 0 Å². The molecular formula is C23H21ClN4O3. The molecule has 1 saturated carbocycles. The van der Waals surface area contributed by atoms with Gasteiger partial charge in [0.1, 0.15) is 11.4 Å². The molecule has 0 atom stereocenters. The lowest BCUT2D eigenvalue weighted by Gasteiger charge is -2.16. The monoisotopic (exact) mass is 436 g/mol. The summed E-state index contributed by atoms with van der Waals surface area (Å²) in [6.45, 7) is 2.30. The van der Waals surface area contributed by atoms with Gasteiger partial charge in [-0.05, 0) is 44.0 Å². The second-order valence-electron chi connectivity index (χ2n) is 7.66. The van der Waals surface area contributed by atoms with Gasteiger partial charge in [0.15, 0.2) is 0 Å². The van der Waals surface area contributed by atoms with Crippen LogP contribution in [0, 0.1) is 0 Å². The zero-order valence-electron chi connectivity index (χ0n) is 17.2. The Balaban J connectivity index is 1.83. The van der Waals surface area contributed by atoms with E-state index in [9.17, 15) is 9.59 Å². The number of pyridine rings is 2. The quantitative estimate of drug-likeness (QED) is 0.488. The molecule has 31 heavy (non-hydrogen) atoms. The first-order valence-corrected chi connectivity index (χ1v) is 10.6. The number of aromatic amines is 1. The summed E-state index contributed by atoms with van der Waals surface area (Å²) in [4.78, 5) is 33.9. The lowest BCUT2D eigenvalue weighted by molar-refractivity contribution is 0.0955. The number of nitrogens with one attached hydrogen (secondary N) is 2. The van der Waals surface area contributed by atoms with E-state index >= 15 is 0 Å². The van der Waals surface area contributed by atoms with E-state index in [-0.39, 0.29) is 28.1 Å². The number of carbonyl (C=O) groups is 1. The van der Waals surface area contributed by atoms with Crippen molar-refractivity contribution in [2.24, 2.45) is 0 Å². The topological polar surface area (TPSA) is 89.0 Å². The van der Waals surface area contributed by atoms with Gasteiger partial charge in [-0.15, -0.1) is 0 Å². The van der Waals surface area contributed by atoms with Crippen LogP contribution >= 0.6 is 11.6 Å². The van der Waals surface area contributed by atoms with Crippen LogP contribution in [0.25, 0.3) is 33.1 Å². The van der Waals surface area contributed by atoms with Crippen LogP contribution < -0.4 is 15.6 Å². The maximum atomic E-state index is 13.7. The van der Waals surface area contributed by atoms with Gasteiger partial charge in [-0.25, -0.2) is 4.98 Å². The van der Waals surface area contributed by atoms with E-state index in [1.807, 2.05) is 23.8 Å². The van der Waals surface area contributed by atoms with E-state index in [1.54, 1.807) is 24.4 Å². The van der Waals surface area contributed by atoms with E-state index in [0.29, 0.717) is 23.4 Å². The Kier molecular flexibility index (Phi) is 4.70. The fourth-order valence-electron chi connectivity index (χ4n) is 4.04. The van der Waals surface area contributed by atoms with Crippen molar-refractivity contribution in [1.82, 2.24) is 19.9 Å². The van der Waals surface area contributed by atoms with E-state index in [4.69, 9.17) is 16.3 Å². The average Bonchev–Trinajstić information content (AvgIpc) is 3.49. The van der Waals surface area contributed by atoms with Gasteiger partial charge < -0.3 is 19.6 Å². The lowest BCUT2D eigenvalue weighted by Crippen LogP contribution is -2.24. The number of nitrogens with zero attached hydrogens (tertiary/aromatic N) is 2. The van der Waals surface area contributed by atoms with Crippen molar-refractivity contribution >= 4 is 39.4 Å². The highest BCUT2D eigenvalue weighted by Gasteiger charge is 2.29. The molecule has 8 heteroatoms. The van der Waals surface area contributed by atoms with Crippen molar-refractivity contribution < 1.29 is 9.53 Å². The number of hydrogen-bond donors (Lipinski definition) is 2. The van der Waals surface area contributed by atoms with Gasteiger partial charge in [-0.2, -0.15) is 0 Å². The predicted molar refractivity (Wildman–Crippen MR) is 121 cm³/mol. The minimum absolute atomic E-state index is 0.138. The molecule has 1 aliphatic carbocycles. The number of methoxy groups -OCH3 is 1. The summed E-state index contributed by atoms with van der Waals surface area (Å²) in [5.74, 6) is 0.143. The zero-order chi connectivity index (χ0) is 21.7. The van der Waals surface area contributed by atoms with Crippen molar-refractivity contribution in [3.8, 4) is 16.9 Å². The van der Waals surface area contributed by atoms with Crippen LogP contribution in [0.2, 0.25) is 5.02 Å². The summed E-state index contributed by atoms with van der Waals surface area (Å²) < 4.78 is 7.25. The third kappa shape index (κ3) is 3.16. The first-order valence-electron chi connectivity index (χ1n) is 10.2. The van der Waals surface area contributed by atoms with Gasteiger partial charge in [0.2, 0.25) is 0 Å². The maximum absolute atomic E-state index is 13.7. The number of aromatic nitrogens is 3. The Morgan fingerprint density at radius 3 is 2.84 bits per heavy atom. The normalized spacial score (nSPS) is 13.6. The highest BCUT2D eigenvalue weighted by molar-refractivity contribution is 6.36. The molecule has 3 aromatic heterocycles. The van der Waals surface area contributed by atoms with Gasteiger partial charge in [0.25, 0.3) is 11.5 Å². The molecule has 0 bridgehead atoms. The second kappa shape index (κ2) is 7.42. The highest BCUT2D eigenvalue weighted by atomic mass is 35.5. The van der Waals surface area contributed by atoms with Gasteiger partial charge in [0.05, 0.1) is 23.2 Å². The maximum Gasteiger partial charge on any atom is 0.259 e. The minimum atomic E-state index is -0.313. The number of carbonyl (C=O) groups excluding carboxylic acids is 1. The van der Waals surface area contributed by atoms with Gasteiger partial charge in [0, 0.05) is 46.9 Å². The minimum Gasteiger partial charge on any atom is -0.497 e. The molecule has 0 spiro atoms. The summed E-state index contributed by atoms with van der Waals surface area (Å²) >= 11 is 6.67. The third-order valence-electron chi connectivity index (χ3n) is 5.64. The first kappa shape index (κ1) is 19.6. The number of ether oxygens (including phenoxy) is 1. The number of hydrogen-bond acceptors (Lipinski definition) is 4. The molecule has 5 rings (SSSR count). The molecule has 2 N–H and O–H groups in total. The Labute approximate surface area is 183 Å². The molecular weight excluding hydrogens is 416 g/mol. The summed E-state index contributed by atoms with van der Waals surface area (Å²) in [5, 5.41) is 4.73. The van der Waals surface area contributed by atoms with E-state index in [0.717, 1.165) is 34.8 Å². The van der Waals surface area contributed by atoms with Crippen LogP contribution in [-0.4, -0.2) is 34.1 Å². The number of amides is 1. The largest absolute Gasteiger partial charge is 0.497 e. The van der Waals surface area contributed by atoms with Crippen molar-refractivity contribution in [3.63, 3.8) is 0 Å². The molecule has 1 aliphatic rings. The predicted octanol–water partition coefficient (Wildman–Crippen LogP) is 4.29. The van der Waals surface area contributed by atoms with Crippen molar-refractivity contribution in [3.05, 3.63) is 57.6 Å². The van der Waals surface area contributed by atoms with E-state index in [1.165, 1.54) is 7.11 Å². The van der Waals surface area contributed by atoms with Crippen molar-refractivity contribution in [2.45, 2.75) is 25.8 Å². The average molecular weight is 437 g/mol. The molecule has 7 nitrogen and oxygen atoms in total. The second-order valence-corrected chi connectivity index (χ2v) is 8.04. The Morgan fingerprint density at radius 2 is 2.13 bits per heavy atom. The number of rotatable bonds is 5. The summed E-state index contributed by atoms with van der Waals surface area (Å²) in [6, 6.07) is 7.17. The molecule has 0 aliphatic heterocycles. The molecule has 158 valence electrons. The fraction of sp³-hybridized carbons (Fsp3) is 0.261. The van der Waals surface area contributed by atoms with E-state index in [2.05, 4.69) is 15.3 Å². The molecule has 0 saturated heterocycles. The molecule has 1 fully saturated rings. The van der Waals surface area contributed by atoms with Gasteiger partial charge in [-0.1, -0.05) is 11.6 Å². The Bertz CT molecular complexity index is 1400. The smallest absolute Gasteiger partial charge is 0.259 e. The van der Waals surface area contributed by atoms with Gasteiger partial charge >= 0.3 is 0 Å². The fourth-order valence-corrected chi connectivity index (χ4v) is 4.34. The summed E-state index contributed by atoms with van der Waals surface area (Å²) in [6.07, 6.45) is 5.48. The molecule has 1 amide bonds. The van der Waals surface area contributed by atoms with Crippen LogP contribution in [0.4, 0.5) is 0 Å². The van der Waals surface area contributed by atoms with Crippen LogP contribution in [0.1, 0.15) is 36.2 Å². The number of benzene rings is 1. The van der Waals surface area contributed by atoms with Crippen LogP contribution in [-0.2, 0) is 0 Å².